The van der Waals surface area contributed by atoms with Crippen molar-refractivity contribution in [3.05, 3.63) is 59.9 Å². The predicted octanol–water partition coefficient (Wildman–Crippen LogP) is 2.66. The van der Waals surface area contributed by atoms with E-state index in [1.165, 1.54) is 16.7 Å². The Hall–Kier alpha value is -3.87. The smallest absolute Gasteiger partial charge is 0.240 e. The first kappa shape index (κ1) is 25.4. The number of anilines is 3. The van der Waals surface area contributed by atoms with Crippen LogP contribution in [0.1, 0.15) is 5.01 Å². The SMILES string of the molecule is O=C(CN1CCN(c2cc(N3CCOCC3)ncn2)CC1)Nc1nnc(COc2ccc3ccccc3c2)s1. The maximum absolute atomic E-state index is 12.7. The van der Waals surface area contributed by atoms with E-state index in [0.29, 0.717) is 23.3 Å². The molecule has 0 saturated carbocycles. The van der Waals surface area contributed by atoms with Crippen molar-refractivity contribution >= 4 is 44.8 Å². The summed E-state index contributed by atoms with van der Waals surface area (Å²) >= 11 is 1.32. The number of carbonyl (C=O) groups is 1. The Morgan fingerprint density at radius 2 is 1.64 bits per heavy atom. The van der Waals surface area contributed by atoms with Crippen LogP contribution in [0.2, 0.25) is 0 Å². The van der Waals surface area contributed by atoms with Crippen molar-refractivity contribution < 1.29 is 14.3 Å². The summed E-state index contributed by atoms with van der Waals surface area (Å²) in [7, 11) is 0. The Morgan fingerprint density at radius 3 is 2.44 bits per heavy atom. The molecule has 12 heteroatoms. The second-order valence-corrected chi connectivity index (χ2v) is 10.5. The number of nitrogens with one attached hydrogen (secondary N) is 1. The third kappa shape index (κ3) is 6.41. The molecule has 4 heterocycles. The number of piperazine rings is 1. The fourth-order valence-electron chi connectivity index (χ4n) is 4.74. The lowest BCUT2D eigenvalue weighted by Gasteiger charge is -2.35. The highest BCUT2D eigenvalue weighted by Crippen LogP contribution is 2.23. The van der Waals surface area contributed by atoms with Gasteiger partial charge >= 0.3 is 0 Å². The monoisotopic (exact) mass is 546 g/mol. The zero-order valence-corrected chi connectivity index (χ0v) is 22.3. The molecule has 2 fully saturated rings. The molecule has 2 aliphatic heterocycles. The molecule has 0 unspecified atom stereocenters. The van der Waals surface area contributed by atoms with Gasteiger partial charge in [-0.25, -0.2) is 9.97 Å². The fraction of sp³-hybridized carbons (Fsp3) is 0.370. The second kappa shape index (κ2) is 11.9. The minimum atomic E-state index is -0.0989. The molecule has 2 aromatic carbocycles. The van der Waals surface area contributed by atoms with Crippen molar-refractivity contribution in [2.45, 2.75) is 6.61 Å². The minimum absolute atomic E-state index is 0.0989. The summed E-state index contributed by atoms with van der Waals surface area (Å²) in [6.07, 6.45) is 1.63. The summed E-state index contributed by atoms with van der Waals surface area (Å²) in [6, 6.07) is 16.2. The molecule has 11 nitrogen and oxygen atoms in total. The van der Waals surface area contributed by atoms with Crippen LogP contribution < -0.4 is 19.9 Å². The molecule has 6 rings (SSSR count). The highest BCUT2D eigenvalue weighted by Gasteiger charge is 2.22. The van der Waals surface area contributed by atoms with Crippen LogP contribution in [0.15, 0.2) is 54.9 Å². The van der Waals surface area contributed by atoms with Crippen LogP contribution in [0.5, 0.6) is 5.75 Å². The van der Waals surface area contributed by atoms with Gasteiger partial charge in [0.05, 0.1) is 19.8 Å². The van der Waals surface area contributed by atoms with E-state index in [2.05, 4.69) is 52.3 Å². The summed E-state index contributed by atoms with van der Waals surface area (Å²) in [6.45, 7) is 6.85. The second-order valence-electron chi connectivity index (χ2n) is 9.44. The topological polar surface area (TPSA) is 109 Å². The molecule has 0 spiro atoms. The first-order chi connectivity index (χ1) is 19.2. The number of hydrogen-bond donors (Lipinski definition) is 1. The number of carbonyl (C=O) groups excluding carboxylic acids is 1. The van der Waals surface area contributed by atoms with E-state index < -0.39 is 0 Å². The molecule has 4 aromatic rings. The third-order valence-corrected chi connectivity index (χ3v) is 7.65. The Kier molecular flexibility index (Phi) is 7.75. The maximum atomic E-state index is 12.7. The van der Waals surface area contributed by atoms with Gasteiger partial charge in [0.25, 0.3) is 0 Å². The number of amides is 1. The van der Waals surface area contributed by atoms with Crippen LogP contribution in [0, 0.1) is 0 Å². The predicted molar refractivity (Wildman–Crippen MR) is 151 cm³/mol. The van der Waals surface area contributed by atoms with E-state index in [9.17, 15) is 4.79 Å². The lowest BCUT2D eigenvalue weighted by Crippen LogP contribution is -2.49. The van der Waals surface area contributed by atoms with Gasteiger partial charge in [0, 0.05) is 45.3 Å². The lowest BCUT2D eigenvalue weighted by atomic mass is 10.1. The van der Waals surface area contributed by atoms with Crippen molar-refractivity contribution in [3.8, 4) is 5.75 Å². The number of nitrogens with zero attached hydrogens (tertiary/aromatic N) is 7. The van der Waals surface area contributed by atoms with Gasteiger partial charge in [0.2, 0.25) is 11.0 Å². The number of hydrogen-bond acceptors (Lipinski definition) is 11. The average Bonchev–Trinajstić information content (AvgIpc) is 3.44. The van der Waals surface area contributed by atoms with Gasteiger partial charge < -0.3 is 19.3 Å². The largest absolute Gasteiger partial charge is 0.486 e. The maximum Gasteiger partial charge on any atom is 0.240 e. The summed E-state index contributed by atoms with van der Waals surface area (Å²) in [5, 5.41) is 14.6. The normalized spacial score (nSPS) is 16.4. The van der Waals surface area contributed by atoms with Crippen molar-refractivity contribution in [2.24, 2.45) is 0 Å². The fourth-order valence-corrected chi connectivity index (χ4v) is 5.41. The van der Waals surface area contributed by atoms with Crippen molar-refractivity contribution in [2.75, 3.05) is 74.1 Å². The average molecular weight is 547 g/mol. The third-order valence-electron chi connectivity index (χ3n) is 6.83. The Morgan fingerprint density at radius 1 is 0.897 bits per heavy atom. The molecule has 0 aliphatic carbocycles. The minimum Gasteiger partial charge on any atom is -0.486 e. The van der Waals surface area contributed by atoms with Crippen molar-refractivity contribution in [3.63, 3.8) is 0 Å². The summed E-state index contributed by atoms with van der Waals surface area (Å²) in [5.41, 5.74) is 0. The van der Waals surface area contributed by atoms with E-state index in [4.69, 9.17) is 9.47 Å². The van der Waals surface area contributed by atoms with Gasteiger partial charge in [-0.1, -0.05) is 41.7 Å². The highest BCUT2D eigenvalue weighted by atomic mass is 32.1. The van der Waals surface area contributed by atoms with Crippen LogP contribution in [0.4, 0.5) is 16.8 Å². The molecule has 2 aliphatic rings. The van der Waals surface area contributed by atoms with Gasteiger partial charge in [-0.15, -0.1) is 10.2 Å². The van der Waals surface area contributed by atoms with Gasteiger partial charge in [0.15, 0.2) is 5.01 Å². The van der Waals surface area contributed by atoms with Gasteiger partial charge in [0.1, 0.15) is 30.3 Å². The Bertz CT molecular complexity index is 1420. The molecule has 1 N–H and O–H groups in total. The van der Waals surface area contributed by atoms with E-state index in [0.717, 1.165) is 75.3 Å². The molecule has 202 valence electrons. The standard InChI is InChI=1S/C27H30N8O3S/c36-25(30-27-32-31-26(39-27)18-38-22-6-5-20-3-1-2-4-21(20)15-22)17-33-7-9-34(10-8-33)23-16-24(29-19-28-23)35-11-13-37-14-12-35/h1-6,15-16,19H,7-14,17-18H2,(H,30,32,36). The molecular formula is C27H30N8O3S. The Balaban J connectivity index is 0.956. The van der Waals surface area contributed by atoms with E-state index in [-0.39, 0.29) is 5.91 Å². The van der Waals surface area contributed by atoms with Crippen LogP contribution in [-0.2, 0) is 16.1 Å². The quantitative estimate of drug-likeness (QED) is 0.354. The van der Waals surface area contributed by atoms with Crippen LogP contribution >= 0.6 is 11.3 Å². The van der Waals surface area contributed by atoms with Crippen LogP contribution in [-0.4, -0.2) is 90.0 Å². The van der Waals surface area contributed by atoms with E-state index >= 15 is 0 Å². The van der Waals surface area contributed by atoms with E-state index in [1.807, 2.05) is 36.4 Å². The Labute approximate surface area is 230 Å². The van der Waals surface area contributed by atoms with Crippen molar-refractivity contribution in [1.82, 2.24) is 25.1 Å². The molecule has 39 heavy (non-hydrogen) atoms. The number of rotatable bonds is 8. The molecular weight excluding hydrogens is 516 g/mol. The van der Waals surface area contributed by atoms with E-state index in [1.54, 1.807) is 6.33 Å². The summed E-state index contributed by atoms with van der Waals surface area (Å²) in [4.78, 5) is 28.2. The lowest BCUT2D eigenvalue weighted by molar-refractivity contribution is -0.117. The molecule has 0 radical (unpaired) electrons. The summed E-state index contributed by atoms with van der Waals surface area (Å²) in [5.74, 6) is 2.53. The highest BCUT2D eigenvalue weighted by molar-refractivity contribution is 7.15. The zero-order valence-electron chi connectivity index (χ0n) is 21.5. The van der Waals surface area contributed by atoms with Gasteiger partial charge in [-0.2, -0.15) is 0 Å². The van der Waals surface area contributed by atoms with Crippen molar-refractivity contribution in [1.29, 1.82) is 0 Å². The molecule has 2 aromatic heterocycles. The molecule has 0 bridgehead atoms. The first-order valence-corrected chi connectivity index (χ1v) is 13.9. The molecule has 0 atom stereocenters. The number of ether oxygens (including phenoxy) is 2. The number of benzene rings is 2. The molecule has 1 amide bonds. The summed E-state index contributed by atoms with van der Waals surface area (Å²) < 4.78 is 11.3. The van der Waals surface area contributed by atoms with Gasteiger partial charge in [-0.3, -0.25) is 15.0 Å². The van der Waals surface area contributed by atoms with Crippen LogP contribution in [0.3, 0.4) is 0 Å². The molecule has 2 saturated heterocycles. The number of fused-ring (bicyclic) bond motifs is 1. The first-order valence-electron chi connectivity index (χ1n) is 13.1. The van der Waals surface area contributed by atoms with Gasteiger partial charge in [-0.05, 0) is 22.9 Å². The zero-order chi connectivity index (χ0) is 26.4. The number of aromatic nitrogens is 4. The van der Waals surface area contributed by atoms with Crippen LogP contribution in [0.25, 0.3) is 10.8 Å². The number of morpholine rings is 1.